The van der Waals surface area contributed by atoms with Gasteiger partial charge in [-0.25, -0.2) is 0 Å². The van der Waals surface area contributed by atoms with Crippen molar-refractivity contribution < 1.29 is 14.3 Å². The molecule has 1 aromatic carbocycles. The molecule has 138 valence electrons. The van der Waals surface area contributed by atoms with Gasteiger partial charge in [-0.05, 0) is 55.7 Å². The average Bonchev–Trinajstić information content (AvgIpc) is 2.69. The molecule has 0 radical (unpaired) electrons. The van der Waals surface area contributed by atoms with Gasteiger partial charge in [-0.3, -0.25) is 19.5 Å². The first-order chi connectivity index (χ1) is 13.2. The molecule has 0 N–H and O–H groups in total. The summed E-state index contributed by atoms with van der Waals surface area (Å²) in [4.78, 5) is 31.8. The van der Waals surface area contributed by atoms with Crippen molar-refractivity contribution in [2.45, 2.75) is 38.5 Å². The second-order valence-electron chi connectivity index (χ2n) is 6.84. The first-order valence-corrected chi connectivity index (χ1v) is 9.41. The number of amides is 1. The number of aromatic nitrogens is 1. The summed E-state index contributed by atoms with van der Waals surface area (Å²) in [5.74, 6) is 0.732. The molecule has 2 heterocycles. The van der Waals surface area contributed by atoms with E-state index < -0.39 is 0 Å². The van der Waals surface area contributed by atoms with Crippen LogP contribution in [0.5, 0.6) is 5.75 Å². The molecule has 0 fully saturated rings. The summed E-state index contributed by atoms with van der Waals surface area (Å²) < 4.78 is 5.50. The number of pyridine rings is 1. The zero-order chi connectivity index (χ0) is 18.8. The van der Waals surface area contributed by atoms with Gasteiger partial charge in [0.15, 0.2) is 5.78 Å². The number of ether oxygens (including phenoxy) is 1. The fourth-order valence-electron chi connectivity index (χ4n) is 4.02. The normalized spacial score (nSPS) is 19.9. The summed E-state index contributed by atoms with van der Waals surface area (Å²) in [7, 11) is 0. The number of anilines is 1. The maximum atomic E-state index is 13.1. The Morgan fingerprint density at radius 1 is 1.15 bits per heavy atom. The Labute approximate surface area is 158 Å². The molecule has 0 bridgehead atoms. The van der Waals surface area contributed by atoms with Gasteiger partial charge in [0.05, 0.1) is 6.61 Å². The third-order valence-corrected chi connectivity index (χ3v) is 5.17. The highest BCUT2D eigenvalue weighted by Crippen LogP contribution is 2.43. The molecule has 4 rings (SSSR count). The summed E-state index contributed by atoms with van der Waals surface area (Å²) in [6.45, 7) is 2.53. The number of allylic oxidation sites excluding steroid dienone is 2. The van der Waals surface area contributed by atoms with E-state index in [1.165, 1.54) is 0 Å². The summed E-state index contributed by atoms with van der Waals surface area (Å²) in [6, 6.07) is 11.3. The van der Waals surface area contributed by atoms with Crippen molar-refractivity contribution in [2.24, 2.45) is 0 Å². The summed E-state index contributed by atoms with van der Waals surface area (Å²) in [6.07, 6.45) is 5.80. The Hall–Kier alpha value is -2.95. The largest absolute Gasteiger partial charge is 0.494 e. The quantitative estimate of drug-likeness (QED) is 0.825. The number of benzene rings is 1. The van der Waals surface area contributed by atoms with Gasteiger partial charge in [0.25, 0.3) is 0 Å². The van der Waals surface area contributed by atoms with Crippen molar-refractivity contribution in [3.8, 4) is 5.75 Å². The molecule has 1 atom stereocenters. The van der Waals surface area contributed by atoms with Gasteiger partial charge >= 0.3 is 0 Å². The van der Waals surface area contributed by atoms with Crippen molar-refractivity contribution in [1.29, 1.82) is 0 Å². The fraction of sp³-hybridized carbons (Fsp3) is 0.318. The van der Waals surface area contributed by atoms with Gasteiger partial charge in [0.2, 0.25) is 5.91 Å². The molecular formula is C22H22N2O3. The molecule has 1 aliphatic heterocycles. The molecule has 5 heteroatoms. The van der Waals surface area contributed by atoms with Gasteiger partial charge in [-0.1, -0.05) is 6.07 Å². The topological polar surface area (TPSA) is 59.5 Å². The maximum absolute atomic E-state index is 13.1. The van der Waals surface area contributed by atoms with Crippen LogP contribution >= 0.6 is 0 Å². The van der Waals surface area contributed by atoms with Gasteiger partial charge < -0.3 is 4.74 Å². The number of carbonyl (C=O) groups is 2. The van der Waals surface area contributed by atoms with E-state index in [2.05, 4.69) is 4.98 Å². The van der Waals surface area contributed by atoms with E-state index in [0.29, 0.717) is 13.0 Å². The minimum Gasteiger partial charge on any atom is -0.494 e. The van der Waals surface area contributed by atoms with Crippen molar-refractivity contribution in [3.63, 3.8) is 0 Å². The second-order valence-corrected chi connectivity index (χ2v) is 6.84. The number of hydrogen-bond donors (Lipinski definition) is 0. The highest BCUT2D eigenvalue weighted by atomic mass is 16.5. The lowest BCUT2D eigenvalue weighted by molar-refractivity contribution is -0.119. The van der Waals surface area contributed by atoms with E-state index in [1.807, 2.05) is 43.3 Å². The van der Waals surface area contributed by atoms with Crippen LogP contribution in [-0.4, -0.2) is 23.3 Å². The smallest absolute Gasteiger partial charge is 0.232 e. The Morgan fingerprint density at radius 3 is 2.67 bits per heavy atom. The third kappa shape index (κ3) is 3.25. The van der Waals surface area contributed by atoms with Gasteiger partial charge in [0, 0.05) is 48.1 Å². The number of nitrogens with zero attached hydrogens (tertiary/aromatic N) is 2. The van der Waals surface area contributed by atoms with E-state index in [4.69, 9.17) is 4.74 Å². The molecule has 5 nitrogen and oxygen atoms in total. The van der Waals surface area contributed by atoms with Crippen LogP contribution in [0.1, 0.15) is 44.1 Å². The molecule has 0 saturated heterocycles. The van der Waals surface area contributed by atoms with Crippen LogP contribution in [0.4, 0.5) is 5.69 Å². The number of ketones is 1. The van der Waals surface area contributed by atoms with Crippen LogP contribution in [0.15, 0.2) is 60.1 Å². The van der Waals surface area contributed by atoms with Crippen LogP contribution in [-0.2, 0) is 9.59 Å². The lowest BCUT2D eigenvalue weighted by Gasteiger charge is -2.38. The predicted molar refractivity (Wildman–Crippen MR) is 103 cm³/mol. The maximum Gasteiger partial charge on any atom is 0.232 e. The Bertz CT molecular complexity index is 888. The van der Waals surface area contributed by atoms with Crippen molar-refractivity contribution in [3.05, 3.63) is 65.6 Å². The minimum atomic E-state index is -0.201. The predicted octanol–water partition coefficient (Wildman–Crippen LogP) is 4.01. The summed E-state index contributed by atoms with van der Waals surface area (Å²) in [5.41, 5.74) is 3.35. The standard InChI is InChI=1S/C22H22N2O3/c1-2-27-17-10-8-16(9-11-17)24-19-6-3-7-20(25)22(19)18(13-21(24)26)15-5-4-12-23-14-15/h4-5,8-12,14,18H,2-3,6-7,13H2,1H3. The molecule has 1 amide bonds. The van der Waals surface area contributed by atoms with Crippen LogP contribution in [0.2, 0.25) is 0 Å². The number of Topliss-reactive ketones (excluding diaryl/α,β-unsaturated/α-hetero) is 1. The highest BCUT2D eigenvalue weighted by Gasteiger charge is 2.39. The van der Waals surface area contributed by atoms with E-state index in [-0.39, 0.29) is 24.0 Å². The SMILES string of the molecule is CCOc1ccc(N2C(=O)CC(c3cccnc3)C3=C2CCCC3=O)cc1. The third-order valence-electron chi connectivity index (χ3n) is 5.17. The van der Waals surface area contributed by atoms with Gasteiger partial charge in [-0.15, -0.1) is 0 Å². The molecule has 0 saturated carbocycles. The van der Waals surface area contributed by atoms with E-state index in [1.54, 1.807) is 17.3 Å². The van der Waals surface area contributed by atoms with E-state index in [9.17, 15) is 9.59 Å². The Morgan fingerprint density at radius 2 is 1.96 bits per heavy atom. The molecule has 1 unspecified atom stereocenters. The lowest BCUT2D eigenvalue weighted by atomic mass is 9.77. The Kier molecular flexibility index (Phi) is 4.75. The average molecular weight is 362 g/mol. The van der Waals surface area contributed by atoms with Gasteiger partial charge in [0.1, 0.15) is 5.75 Å². The molecule has 1 aromatic heterocycles. The molecule has 27 heavy (non-hydrogen) atoms. The fourth-order valence-corrected chi connectivity index (χ4v) is 4.02. The summed E-state index contributed by atoms with van der Waals surface area (Å²) in [5, 5.41) is 0. The van der Waals surface area contributed by atoms with E-state index >= 15 is 0 Å². The molecule has 2 aromatic rings. The van der Waals surface area contributed by atoms with Gasteiger partial charge in [-0.2, -0.15) is 0 Å². The molecule has 1 aliphatic carbocycles. The zero-order valence-corrected chi connectivity index (χ0v) is 15.4. The number of hydrogen-bond acceptors (Lipinski definition) is 4. The first-order valence-electron chi connectivity index (χ1n) is 9.41. The second kappa shape index (κ2) is 7.35. The van der Waals surface area contributed by atoms with Crippen molar-refractivity contribution in [1.82, 2.24) is 4.98 Å². The minimum absolute atomic E-state index is 0.0152. The molecule has 0 spiro atoms. The van der Waals surface area contributed by atoms with Crippen molar-refractivity contribution >= 4 is 17.4 Å². The summed E-state index contributed by atoms with van der Waals surface area (Å²) >= 11 is 0. The number of carbonyl (C=O) groups excluding carboxylic acids is 2. The number of rotatable bonds is 4. The van der Waals surface area contributed by atoms with Crippen molar-refractivity contribution in [2.75, 3.05) is 11.5 Å². The van der Waals surface area contributed by atoms with Crippen LogP contribution < -0.4 is 9.64 Å². The van der Waals surface area contributed by atoms with Crippen LogP contribution in [0, 0.1) is 0 Å². The first kappa shape index (κ1) is 17.5. The van der Waals surface area contributed by atoms with E-state index in [0.717, 1.165) is 41.1 Å². The lowest BCUT2D eigenvalue weighted by Crippen LogP contribution is -2.40. The monoisotopic (exact) mass is 362 g/mol. The molecular weight excluding hydrogens is 340 g/mol. The highest BCUT2D eigenvalue weighted by molar-refractivity contribution is 6.07. The van der Waals surface area contributed by atoms with Crippen LogP contribution in [0.3, 0.4) is 0 Å². The Balaban J connectivity index is 1.78. The zero-order valence-electron chi connectivity index (χ0n) is 15.4. The molecule has 2 aliphatic rings. The van der Waals surface area contributed by atoms with Crippen LogP contribution in [0.25, 0.3) is 0 Å².